The van der Waals surface area contributed by atoms with Gasteiger partial charge in [-0.2, -0.15) is 0 Å². The van der Waals surface area contributed by atoms with Crippen molar-refractivity contribution in [1.82, 2.24) is 0 Å². The lowest BCUT2D eigenvalue weighted by Gasteiger charge is -2.39. The average Bonchev–Trinajstić information content (AvgIpc) is 2.82. The van der Waals surface area contributed by atoms with E-state index in [9.17, 15) is 9.90 Å². The maximum atomic E-state index is 11.9. The molecule has 2 aliphatic carbocycles. The Balaban J connectivity index is 1.65. The van der Waals surface area contributed by atoms with Gasteiger partial charge in [0.25, 0.3) is 0 Å². The molecule has 0 radical (unpaired) electrons. The normalized spacial score (nSPS) is 39.5. The molecule has 0 aromatic carbocycles. The summed E-state index contributed by atoms with van der Waals surface area (Å²) in [6.45, 7) is 2.20. The van der Waals surface area contributed by atoms with Crippen LogP contribution in [0.1, 0.15) is 84.0 Å². The number of carboxylic acid groups (broad SMARTS) is 1. The second-order valence-corrected chi connectivity index (χ2v) is 8.01. The highest BCUT2D eigenvalue weighted by atomic mass is 16.5. The Kier molecular flexibility index (Phi) is 4.31. The molecular weight excluding hydrogens is 264 g/mol. The van der Waals surface area contributed by atoms with Crippen LogP contribution in [0.5, 0.6) is 0 Å². The Morgan fingerprint density at radius 3 is 2.52 bits per heavy atom. The summed E-state index contributed by atoms with van der Waals surface area (Å²) in [4.78, 5) is 11.9. The van der Waals surface area contributed by atoms with Crippen LogP contribution >= 0.6 is 0 Å². The van der Waals surface area contributed by atoms with Gasteiger partial charge in [-0.25, -0.2) is 0 Å². The van der Waals surface area contributed by atoms with E-state index >= 15 is 0 Å². The number of rotatable bonds is 3. The predicted octanol–water partition coefficient (Wildman–Crippen LogP) is 4.54. The lowest BCUT2D eigenvalue weighted by Crippen LogP contribution is -2.40. The number of hydrogen-bond donors (Lipinski definition) is 1. The molecule has 0 aromatic rings. The van der Waals surface area contributed by atoms with Gasteiger partial charge in [-0.1, -0.05) is 39.0 Å². The van der Waals surface area contributed by atoms with Gasteiger partial charge in [0.2, 0.25) is 0 Å². The summed E-state index contributed by atoms with van der Waals surface area (Å²) in [7, 11) is 0. The largest absolute Gasteiger partial charge is 0.481 e. The van der Waals surface area contributed by atoms with E-state index in [1.54, 1.807) is 0 Å². The molecule has 1 spiro atoms. The summed E-state index contributed by atoms with van der Waals surface area (Å²) >= 11 is 0. The van der Waals surface area contributed by atoms with Crippen molar-refractivity contribution >= 4 is 5.97 Å². The second-order valence-electron chi connectivity index (χ2n) is 8.01. The SMILES string of the molecule is CC1CCCC(CC2CCC3(CCCCC3)O2)(C(=O)O)C1. The first-order chi connectivity index (χ1) is 10.0. The van der Waals surface area contributed by atoms with E-state index in [4.69, 9.17) is 4.74 Å². The van der Waals surface area contributed by atoms with Crippen molar-refractivity contribution < 1.29 is 14.6 Å². The molecule has 3 fully saturated rings. The molecule has 1 saturated heterocycles. The predicted molar refractivity (Wildman–Crippen MR) is 82.2 cm³/mol. The van der Waals surface area contributed by atoms with Crippen LogP contribution in [0.3, 0.4) is 0 Å². The third-order valence-corrected chi connectivity index (χ3v) is 6.27. The molecule has 1 heterocycles. The van der Waals surface area contributed by atoms with E-state index in [1.807, 2.05) is 0 Å². The first kappa shape index (κ1) is 15.3. The van der Waals surface area contributed by atoms with Crippen molar-refractivity contribution in [3.05, 3.63) is 0 Å². The number of carboxylic acids is 1. The Bertz CT molecular complexity index is 386. The first-order valence-electron chi connectivity index (χ1n) is 8.95. The maximum absolute atomic E-state index is 11.9. The van der Waals surface area contributed by atoms with E-state index < -0.39 is 11.4 Å². The van der Waals surface area contributed by atoms with E-state index in [2.05, 4.69) is 6.92 Å². The van der Waals surface area contributed by atoms with Gasteiger partial charge >= 0.3 is 5.97 Å². The van der Waals surface area contributed by atoms with E-state index in [1.165, 1.54) is 38.5 Å². The highest BCUT2D eigenvalue weighted by molar-refractivity contribution is 5.74. The summed E-state index contributed by atoms with van der Waals surface area (Å²) in [5, 5.41) is 9.81. The van der Waals surface area contributed by atoms with Crippen LogP contribution in [-0.2, 0) is 9.53 Å². The van der Waals surface area contributed by atoms with Crippen LogP contribution in [0, 0.1) is 11.3 Å². The summed E-state index contributed by atoms with van der Waals surface area (Å²) in [6, 6.07) is 0. The second kappa shape index (κ2) is 5.91. The smallest absolute Gasteiger partial charge is 0.309 e. The van der Waals surface area contributed by atoms with Gasteiger partial charge in [-0.05, 0) is 50.9 Å². The Hall–Kier alpha value is -0.570. The fourth-order valence-electron chi connectivity index (χ4n) is 5.17. The molecule has 2 saturated carbocycles. The zero-order chi connectivity index (χ0) is 14.9. The lowest BCUT2D eigenvalue weighted by atomic mass is 9.67. The first-order valence-corrected chi connectivity index (χ1v) is 8.95. The minimum absolute atomic E-state index is 0.114. The van der Waals surface area contributed by atoms with Gasteiger partial charge in [0.05, 0.1) is 17.1 Å². The monoisotopic (exact) mass is 294 g/mol. The molecule has 3 atom stereocenters. The van der Waals surface area contributed by atoms with Crippen molar-refractivity contribution in [2.45, 2.75) is 95.7 Å². The van der Waals surface area contributed by atoms with Gasteiger partial charge < -0.3 is 9.84 Å². The van der Waals surface area contributed by atoms with Gasteiger partial charge in [0.1, 0.15) is 0 Å². The van der Waals surface area contributed by atoms with Crippen LogP contribution in [-0.4, -0.2) is 22.8 Å². The van der Waals surface area contributed by atoms with E-state index in [0.717, 1.165) is 38.5 Å². The fraction of sp³-hybridized carbons (Fsp3) is 0.944. The molecule has 3 rings (SSSR count). The molecule has 3 heteroatoms. The third kappa shape index (κ3) is 3.13. The quantitative estimate of drug-likeness (QED) is 0.831. The molecule has 1 aliphatic heterocycles. The van der Waals surface area contributed by atoms with Gasteiger partial charge in [-0.3, -0.25) is 4.79 Å². The van der Waals surface area contributed by atoms with Crippen LogP contribution in [0.4, 0.5) is 0 Å². The zero-order valence-corrected chi connectivity index (χ0v) is 13.4. The van der Waals surface area contributed by atoms with Gasteiger partial charge in [0.15, 0.2) is 0 Å². The molecule has 120 valence electrons. The average molecular weight is 294 g/mol. The molecule has 21 heavy (non-hydrogen) atoms. The Morgan fingerprint density at radius 2 is 1.86 bits per heavy atom. The molecule has 0 amide bonds. The highest BCUT2D eigenvalue weighted by Gasteiger charge is 2.48. The Morgan fingerprint density at radius 1 is 1.10 bits per heavy atom. The summed E-state index contributed by atoms with van der Waals surface area (Å²) in [5.74, 6) is -0.0397. The highest BCUT2D eigenvalue weighted by Crippen LogP contribution is 2.48. The third-order valence-electron chi connectivity index (χ3n) is 6.27. The molecule has 0 bridgehead atoms. The summed E-state index contributed by atoms with van der Waals surface area (Å²) in [6.07, 6.45) is 13.4. The number of ether oxygens (including phenoxy) is 1. The minimum Gasteiger partial charge on any atom is -0.481 e. The molecule has 1 N–H and O–H groups in total. The van der Waals surface area contributed by atoms with Crippen LogP contribution in [0.25, 0.3) is 0 Å². The van der Waals surface area contributed by atoms with Crippen LogP contribution in [0.2, 0.25) is 0 Å². The van der Waals surface area contributed by atoms with E-state index in [0.29, 0.717) is 5.92 Å². The van der Waals surface area contributed by atoms with Crippen LogP contribution < -0.4 is 0 Å². The molecule has 0 aromatic heterocycles. The molecular formula is C18H30O3. The van der Waals surface area contributed by atoms with Gasteiger partial charge in [0, 0.05) is 0 Å². The summed E-state index contributed by atoms with van der Waals surface area (Å²) in [5.41, 5.74) is -0.397. The van der Waals surface area contributed by atoms with Gasteiger partial charge in [-0.15, -0.1) is 0 Å². The molecule has 3 nitrogen and oxygen atoms in total. The summed E-state index contributed by atoms with van der Waals surface area (Å²) < 4.78 is 6.44. The lowest BCUT2D eigenvalue weighted by molar-refractivity contribution is -0.157. The molecule has 3 unspecified atom stereocenters. The van der Waals surface area contributed by atoms with Crippen molar-refractivity contribution in [3.63, 3.8) is 0 Å². The fourth-order valence-corrected chi connectivity index (χ4v) is 5.17. The Labute approximate surface area is 128 Å². The van der Waals surface area contributed by atoms with Crippen molar-refractivity contribution in [2.24, 2.45) is 11.3 Å². The maximum Gasteiger partial charge on any atom is 0.309 e. The van der Waals surface area contributed by atoms with Crippen molar-refractivity contribution in [2.75, 3.05) is 0 Å². The topological polar surface area (TPSA) is 46.5 Å². The van der Waals surface area contributed by atoms with Crippen molar-refractivity contribution in [1.29, 1.82) is 0 Å². The number of hydrogen-bond acceptors (Lipinski definition) is 2. The molecule has 3 aliphatic rings. The van der Waals surface area contributed by atoms with Crippen molar-refractivity contribution in [3.8, 4) is 0 Å². The number of carbonyl (C=O) groups is 1. The number of aliphatic carboxylic acids is 1. The van der Waals surface area contributed by atoms with Crippen LogP contribution in [0.15, 0.2) is 0 Å². The van der Waals surface area contributed by atoms with E-state index in [-0.39, 0.29) is 11.7 Å². The zero-order valence-electron chi connectivity index (χ0n) is 13.4. The minimum atomic E-state index is -0.581. The standard InChI is InChI=1S/C18H30O3/c1-14-6-5-8-17(12-14,16(19)20)13-15-7-11-18(21-15)9-3-2-4-10-18/h14-15H,2-13H2,1H3,(H,19,20).